The van der Waals surface area contributed by atoms with E-state index in [1.807, 2.05) is 6.92 Å². The minimum absolute atomic E-state index is 0.0708. The second kappa shape index (κ2) is 3.19. The normalized spacial score (nSPS) is 62.1. The highest BCUT2D eigenvalue weighted by Crippen LogP contribution is 2.73. The predicted molar refractivity (Wildman–Crippen MR) is 68.4 cm³/mol. The molecule has 0 aromatic carbocycles. The van der Waals surface area contributed by atoms with Gasteiger partial charge in [0.1, 0.15) is 5.60 Å². The zero-order chi connectivity index (χ0) is 13.7. The summed E-state index contributed by atoms with van der Waals surface area (Å²) in [4.78, 5) is 0. The third-order valence-electron chi connectivity index (χ3n) is 7.02. The maximum absolute atomic E-state index is 10.8. The van der Waals surface area contributed by atoms with Crippen LogP contribution in [0.5, 0.6) is 0 Å². The lowest BCUT2D eigenvalue weighted by atomic mass is 9.48. The molecule has 1 spiro atoms. The van der Waals surface area contributed by atoms with E-state index in [0.29, 0.717) is 13.0 Å². The van der Waals surface area contributed by atoms with Crippen molar-refractivity contribution in [2.24, 2.45) is 16.7 Å². The number of epoxide rings is 1. The van der Waals surface area contributed by atoms with Gasteiger partial charge in [-0.3, -0.25) is 0 Å². The van der Waals surface area contributed by atoms with Crippen molar-refractivity contribution in [2.45, 2.75) is 70.1 Å². The molecule has 4 rings (SSSR count). The molecule has 2 heterocycles. The van der Waals surface area contributed by atoms with Crippen LogP contribution in [0.4, 0.5) is 0 Å². The maximum Gasteiger partial charge on any atom is 0.171 e. The molecule has 6 unspecified atom stereocenters. The van der Waals surface area contributed by atoms with Gasteiger partial charge in [-0.15, -0.1) is 0 Å². The van der Waals surface area contributed by atoms with Gasteiger partial charge in [0.25, 0.3) is 0 Å². The van der Waals surface area contributed by atoms with Gasteiger partial charge in [-0.2, -0.15) is 0 Å². The molecule has 2 N–H and O–H groups in total. The molecule has 2 aliphatic heterocycles. The SMILES string of the molecule is CC1CC2OC3CCC(C)(C34CO4)C2(C)C(O)(O)C1. The number of fused-ring (bicyclic) bond motifs is 2. The van der Waals surface area contributed by atoms with E-state index >= 15 is 0 Å². The van der Waals surface area contributed by atoms with Crippen molar-refractivity contribution in [1.82, 2.24) is 0 Å². The van der Waals surface area contributed by atoms with Crippen LogP contribution in [0.1, 0.15) is 46.5 Å². The van der Waals surface area contributed by atoms with Crippen LogP contribution < -0.4 is 0 Å². The Hall–Kier alpha value is -0.160. The number of aliphatic hydroxyl groups is 2. The largest absolute Gasteiger partial charge is 0.371 e. The molecule has 19 heavy (non-hydrogen) atoms. The lowest BCUT2D eigenvalue weighted by Crippen LogP contribution is -2.71. The van der Waals surface area contributed by atoms with E-state index in [-0.39, 0.29) is 29.1 Å². The van der Waals surface area contributed by atoms with E-state index in [1.54, 1.807) is 0 Å². The molecule has 0 aromatic heterocycles. The smallest absolute Gasteiger partial charge is 0.171 e. The molecule has 4 fully saturated rings. The van der Waals surface area contributed by atoms with E-state index in [0.717, 1.165) is 19.3 Å². The lowest BCUT2D eigenvalue weighted by molar-refractivity contribution is -0.359. The van der Waals surface area contributed by atoms with Gasteiger partial charge >= 0.3 is 0 Å². The molecular weight excluding hydrogens is 244 g/mol. The van der Waals surface area contributed by atoms with Gasteiger partial charge in [-0.05, 0) is 25.2 Å². The Kier molecular flexibility index (Phi) is 2.11. The first-order valence-corrected chi connectivity index (χ1v) is 7.51. The highest BCUT2D eigenvalue weighted by atomic mass is 16.6. The zero-order valence-electron chi connectivity index (χ0n) is 12.0. The van der Waals surface area contributed by atoms with Gasteiger partial charge in [-0.1, -0.05) is 20.8 Å². The molecule has 2 bridgehead atoms. The minimum Gasteiger partial charge on any atom is -0.371 e. The van der Waals surface area contributed by atoms with Crippen LogP contribution in [-0.2, 0) is 9.47 Å². The van der Waals surface area contributed by atoms with Crippen LogP contribution in [0, 0.1) is 16.7 Å². The van der Waals surface area contributed by atoms with Crippen LogP contribution in [-0.4, -0.2) is 40.4 Å². The summed E-state index contributed by atoms with van der Waals surface area (Å²) in [6.45, 7) is 6.98. The second-order valence-corrected chi connectivity index (χ2v) is 7.73. The zero-order valence-corrected chi connectivity index (χ0v) is 12.0. The Morgan fingerprint density at radius 1 is 1.16 bits per heavy atom. The first-order chi connectivity index (χ1) is 8.77. The quantitative estimate of drug-likeness (QED) is 0.515. The molecule has 0 amide bonds. The van der Waals surface area contributed by atoms with Gasteiger partial charge in [0.15, 0.2) is 5.79 Å². The maximum atomic E-state index is 10.8. The Labute approximate surface area is 114 Å². The molecule has 108 valence electrons. The molecule has 4 nitrogen and oxygen atoms in total. The molecule has 2 saturated heterocycles. The summed E-state index contributed by atoms with van der Waals surface area (Å²) in [5.74, 6) is -1.39. The fourth-order valence-corrected chi connectivity index (χ4v) is 5.51. The first-order valence-electron chi connectivity index (χ1n) is 7.51. The summed E-state index contributed by atoms with van der Waals surface area (Å²) >= 11 is 0. The molecule has 2 saturated carbocycles. The van der Waals surface area contributed by atoms with Crippen LogP contribution >= 0.6 is 0 Å². The number of rotatable bonds is 0. The molecule has 0 radical (unpaired) electrons. The minimum atomic E-state index is -1.67. The van der Waals surface area contributed by atoms with Gasteiger partial charge in [0.05, 0.1) is 24.2 Å². The van der Waals surface area contributed by atoms with E-state index < -0.39 is 11.2 Å². The van der Waals surface area contributed by atoms with Crippen LogP contribution in [0.3, 0.4) is 0 Å². The topological polar surface area (TPSA) is 62.2 Å². The second-order valence-electron chi connectivity index (χ2n) is 7.73. The molecule has 4 heteroatoms. The van der Waals surface area contributed by atoms with Crippen LogP contribution in [0.15, 0.2) is 0 Å². The molecular formula is C15H24O4. The van der Waals surface area contributed by atoms with Crippen LogP contribution in [0.2, 0.25) is 0 Å². The number of hydrogen-bond donors (Lipinski definition) is 2. The fourth-order valence-electron chi connectivity index (χ4n) is 5.51. The fraction of sp³-hybridized carbons (Fsp3) is 1.00. The monoisotopic (exact) mass is 268 g/mol. The Morgan fingerprint density at radius 3 is 2.47 bits per heavy atom. The first kappa shape index (κ1) is 12.6. The predicted octanol–water partition coefficient (Wildman–Crippen LogP) is 1.44. The average Bonchev–Trinajstić information content (AvgIpc) is 3.04. The van der Waals surface area contributed by atoms with Crippen molar-refractivity contribution in [3.63, 3.8) is 0 Å². The van der Waals surface area contributed by atoms with Crippen molar-refractivity contribution in [3.8, 4) is 0 Å². The molecule has 4 aliphatic rings. The molecule has 2 aliphatic carbocycles. The van der Waals surface area contributed by atoms with Crippen molar-refractivity contribution in [1.29, 1.82) is 0 Å². The highest BCUT2D eigenvalue weighted by Gasteiger charge is 2.81. The third kappa shape index (κ3) is 1.13. The van der Waals surface area contributed by atoms with Crippen molar-refractivity contribution < 1.29 is 19.7 Å². The lowest BCUT2D eigenvalue weighted by Gasteiger charge is -2.63. The summed E-state index contributed by atoms with van der Waals surface area (Å²) in [7, 11) is 0. The summed E-state index contributed by atoms with van der Waals surface area (Å²) in [6.07, 6.45) is 3.37. The molecule has 6 atom stereocenters. The number of ether oxygens (including phenoxy) is 2. The summed E-state index contributed by atoms with van der Waals surface area (Å²) in [5.41, 5.74) is -1.09. The Morgan fingerprint density at radius 2 is 1.84 bits per heavy atom. The van der Waals surface area contributed by atoms with E-state index in [4.69, 9.17) is 9.47 Å². The summed E-state index contributed by atoms with van der Waals surface area (Å²) < 4.78 is 12.1. The average molecular weight is 268 g/mol. The summed E-state index contributed by atoms with van der Waals surface area (Å²) in [6, 6.07) is 0. The summed E-state index contributed by atoms with van der Waals surface area (Å²) in [5, 5.41) is 21.5. The highest BCUT2D eigenvalue weighted by molar-refractivity contribution is 5.27. The Bertz CT molecular complexity index is 430. The van der Waals surface area contributed by atoms with Gasteiger partial charge in [-0.25, -0.2) is 0 Å². The third-order valence-corrected chi connectivity index (χ3v) is 7.02. The van der Waals surface area contributed by atoms with E-state index in [2.05, 4.69) is 13.8 Å². The van der Waals surface area contributed by atoms with E-state index in [1.165, 1.54) is 0 Å². The Balaban J connectivity index is 1.87. The molecule has 0 aromatic rings. The standard InChI is InChI=1S/C15H24O4/c1-9-6-11-13(3,15(16,17)7-9)12(2)5-4-10(19-11)14(12)8-18-14/h9-11,16-17H,4-8H2,1-3H3. The van der Waals surface area contributed by atoms with Crippen molar-refractivity contribution in [3.05, 3.63) is 0 Å². The van der Waals surface area contributed by atoms with Gasteiger partial charge in [0.2, 0.25) is 0 Å². The van der Waals surface area contributed by atoms with E-state index in [9.17, 15) is 10.2 Å². The number of hydrogen-bond acceptors (Lipinski definition) is 4. The van der Waals surface area contributed by atoms with Gasteiger partial charge < -0.3 is 19.7 Å². The van der Waals surface area contributed by atoms with Crippen molar-refractivity contribution in [2.75, 3.05) is 6.61 Å². The van der Waals surface area contributed by atoms with Gasteiger partial charge in [0, 0.05) is 11.8 Å². The van der Waals surface area contributed by atoms with Crippen molar-refractivity contribution >= 4 is 0 Å². The van der Waals surface area contributed by atoms with Crippen LogP contribution in [0.25, 0.3) is 0 Å².